The molecule has 0 bridgehead atoms. The van der Waals surface area contributed by atoms with Crippen LogP contribution in [0.5, 0.6) is 0 Å². The molecule has 1 aromatic carbocycles. The number of hydrogen-bond acceptors (Lipinski definition) is 3. The van der Waals surface area contributed by atoms with Crippen molar-refractivity contribution in [2.24, 2.45) is 0 Å². The van der Waals surface area contributed by atoms with Gasteiger partial charge in [-0.15, -0.1) is 11.8 Å². The van der Waals surface area contributed by atoms with Crippen molar-refractivity contribution in [2.45, 2.75) is 32.1 Å². The lowest BCUT2D eigenvalue weighted by Gasteiger charge is -2.07. The van der Waals surface area contributed by atoms with Crippen LogP contribution in [0.25, 0.3) is 0 Å². The van der Waals surface area contributed by atoms with Gasteiger partial charge in [0.25, 0.3) is 0 Å². The number of esters is 1. The third kappa shape index (κ3) is 3.56. The molecule has 0 atom stereocenters. The van der Waals surface area contributed by atoms with Gasteiger partial charge in [0.1, 0.15) is 0 Å². The van der Waals surface area contributed by atoms with Crippen molar-refractivity contribution >= 4 is 17.7 Å². The second-order valence-corrected chi connectivity index (χ2v) is 4.71. The van der Waals surface area contributed by atoms with Crippen molar-refractivity contribution < 1.29 is 9.53 Å². The van der Waals surface area contributed by atoms with Gasteiger partial charge in [-0.25, -0.2) is 4.79 Å². The van der Waals surface area contributed by atoms with Gasteiger partial charge in [-0.2, -0.15) is 0 Å². The summed E-state index contributed by atoms with van der Waals surface area (Å²) in [4.78, 5) is 12.8. The Kier molecular flexibility index (Phi) is 5.39. The fourth-order valence-corrected chi connectivity index (χ4v) is 2.23. The lowest BCUT2D eigenvalue weighted by molar-refractivity contribution is 0.0526. The van der Waals surface area contributed by atoms with E-state index < -0.39 is 0 Å². The molecule has 0 amide bonds. The molecule has 1 aromatic rings. The minimum atomic E-state index is -0.226. The number of carbonyl (C=O) groups excluding carboxylic acids is 1. The monoisotopic (exact) mass is 238 g/mol. The van der Waals surface area contributed by atoms with Gasteiger partial charge in [-0.3, -0.25) is 0 Å². The molecule has 2 nitrogen and oxygen atoms in total. The van der Waals surface area contributed by atoms with E-state index in [1.54, 1.807) is 11.8 Å². The van der Waals surface area contributed by atoms with Gasteiger partial charge in [0.15, 0.2) is 0 Å². The van der Waals surface area contributed by atoms with Crippen molar-refractivity contribution in [3.05, 3.63) is 29.3 Å². The molecule has 1 rings (SSSR count). The van der Waals surface area contributed by atoms with Crippen LogP contribution in [-0.4, -0.2) is 18.3 Å². The Labute approximate surface area is 101 Å². The van der Waals surface area contributed by atoms with E-state index in [9.17, 15) is 4.79 Å². The van der Waals surface area contributed by atoms with Crippen LogP contribution >= 0.6 is 11.8 Å². The third-order valence-electron chi connectivity index (χ3n) is 2.20. The summed E-state index contributed by atoms with van der Waals surface area (Å²) in [7, 11) is 0. The molecule has 0 aliphatic heterocycles. The highest BCUT2D eigenvalue weighted by molar-refractivity contribution is 7.99. The Balaban J connectivity index is 2.98. The van der Waals surface area contributed by atoms with Gasteiger partial charge in [0.2, 0.25) is 0 Å². The fraction of sp³-hybridized carbons (Fsp3) is 0.462. The van der Waals surface area contributed by atoms with Crippen LogP contribution in [0.1, 0.15) is 36.7 Å². The number of rotatable bonds is 5. The van der Waals surface area contributed by atoms with Crippen molar-refractivity contribution in [1.29, 1.82) is 0 Å². The minimum absolute atomic E-state index is 0.226. The molecule has 0 radical (unpaired) electrons. The van der Waals surface area contributed by atoms with Crippen LogP contribution in [-0.2, 0) is 11.2 Å². The van der Waals surface area contributed by atoms with Crippen LogP contribution < -0.4 is 0 Å². The van der Waals surface area contributed by atoms with E-state index in [2.05, 4.69) is 19.9 Å². The minimum Gasteiger partial charge on any atom is -0.462 e. The summed E-state index contributed by atoms with van der Waals surface area (Å²) in [6.45, 7) is 6.44. The first-order valence-corrected chi connectivity index (χ1v) is 6.63. The lowest BCUT2D eigenvalue weighted by Crippen LogP contribution is -2.05. The first kappa shape index (κ1) is 13.1. The van der Waals surface area contributed by atoms with Gasteiger partial charge < -0.3 is 4.74 Å². The summed E-state index contributed by atoms with van der Waals surface area (Å²) in [5, 5.41) is 0. The highest BCUT2D eigenvalue weighted by atomic mass is 32.2. The Morgan fingerprint density at radius 1 is 1.25 bits per heavy atom. The van der Waals surface area contributed by atoms with Gasteiger partial charge >= 0.3 is 5.97 Å². The number of aryl methyl sites for hydroxylation is 1. The van der Waals surface area contributed by atoms with Crippen LogP contribution in [0.2, 0.25) is 0 Å². The highest BCUT2D eigenvalue weighted by Crippen LogP contribution is 2.22. The van der Waals surface area contributed by atoms with E-state index in [0.717, 1.165) is 17.1 Å². The average molecular weight is 238 g/mol. The SMILES string of the molecule is CCOC(=O)c1cc(CC)cc(SCC)c1. The topological polar surface area (TPSA) is 26.3 Å². The summed E-state index contributed by atoms with van der Waals surface area (Å²) in [6.07, 6.45) is 0.935. The lowest BCUT2D eigenvalue weighted by atomic mass is 10.1. The summed E-state index contributed by atoms with van der Waals surface area (Å²) >= 11 is 1.75. The van der Waals surface area contributed by atoms with Crippen LogP contribution in [0, 0.1) is 0 Å². The first-order valence-electron chi connectivity index (χ1n) is 5.65. The second-order valence-electron chi connectivity index (χ2n) is 3.37. The molecule has 0 saturated heterocycles. The molecule has 0 fully saturated rings. The standard InChI is InChI=1S/C13H18O2S/c1-4-10-7-11(13(14)15-5-2)9-12(8-10)16-6-3/h7-9H,4-6H2,1-3H3. The van der Waals surface area contributed by atoms with Crippen LogP contribution in [0.3, 0.4) is 0 Å². The fourth-order valence-electron chi connectivity index (χ4n) is 1.45. The quantitative estimate of drug-likeness (QED) is 0.580. The number of carbonyl (C=O) groups is 1. The van der Waals surface area contributed by atoms with Crippen molar-refractivity contribution in [3.8, 4) is 0 Å². The maximum Gasteiger partial charge on any atom is 0.338 e. The molecule has 0 aromatic heterocycles. The zero-order chi connectivity index (χ0) is 12.0. The average Bonchev–Trinajstić information content (AvgIpc) is 2.29. The largest absolute Gasteiger partial charge is 0.462 e. The van der Waals surface area contributed by atoms with E-state index in [4.69, 9.17) is 4.74 Å². The van der Waals surface area contributed by atoms with Crippen LogP contribution in [0.4, 0.5) is 0 Å². The van der Waals surface area contributed by atoms with Gasteiger partial charge in [0.05, 0.1) is 12.2 Å². The smallest absolute Gasteiger partial charge is 0.338 e. The molecule has 0 aliphatic carbocycles. The molecule has 16 heavy (non-hydrogen) atoms. The van der Waals surface area contributed by atoms with Crippen LogP contribution in [0.15, 0.2) is 23.1 Å². The van der Waals surface area contributed by atoms with Crippen molar-refractivity contribution in [3.63, 3.8) is 0 Å². The molecular formula is C13H18O2S. The number of benzene rings is 1. The molecule has 0 aliphatic rings. The molecule has 3 heteroatoms. The normalized spacial score (nSPS) is 10.2. The van der Waals surface area contributed by atoms with Gasteiger partial charge in [-0.05, 0) is 42.9 Å². The Morgan fingerprint density at radius 3 is 2.56 bits per heavy atom. The predicted molar refractivity (Wildman–Crippen MR) is 68.2 cm³/mol. The van der Waals surface area contributed by atoms with E-state index in [0.29, 0.717) is 12.2 Å². The summed E-state index contributed by atoms with van der Waals surface area (Å²) in [5.74, 6) is 0.783. The van der Waals surface area contributed by atoms with Gasteiger partial charge in [-0.1, -0.05) is 13.8 Å². The molecule has 88 valence electrons. The van der Waals surface area contributed by atoms with E-state index in [-0.39, 0.29) is 5.97 Å². The highest BCUT2D eigenvalue weighted by Gasteiger charge is 2.09. The first-order chi connectivity index (χ1) is 7.71. The van der Waals surface area contributed by atoms with E-state index >= 15 is 0 Å². The van der Waals surface area contributed by atoms with Crippen molar-refractivity contribution in [2.75, 3.05) is 12.4 Å². The summed E-state index contributed by atoms with van der Waals surface area (Å²) in [6, 6.07) is 5.96. The summed E-state index contributed by atoms with van der Waals surface area (Å²) < 4.78 is 5.01. The second kappa shape index (κ2) is 6.59. The number of ether oxygens (including phenoxy) is 1. The molecule has 0 spiro atoms. The Hall–Kier alpha value is -0.960. The predicted octanol–water partition coefficient (Wildman–Crippen LogP) is 3.54. The summed E-state index contributed by atoms with van der Waals surface area (Å²) in [5.41, 5.74) is 1.85. The maximum absolute atomic E-state index is 11.6. The van der Waals surface area contributed by atoms with Crippen molar-refractivity contribution in [1.82, 2.24) is 0 Å². The van der Waals surface area contributed by atoms with E-state index in [1.165, 1.54) is 5.56 Å². The number of thioether (sulfide) groups is 1. The Bertz CT molecular complexity index is 361. The third-order valence-corrected chi connectivity index (χ3v) is 3.05. The van der Waals surface area contributed by atoms with Gasteiger partial charge in [0, 0.05) is 4.90 Å². The molecule has 0 N–H and O–H groups in total. The number of hydrogen-bond donors (Lipinski definition) is 0. The molecule has 0 saturated carbocycles. The zero-order valence-corrected chi connectivity index (χ0v) is 10.9. The van der Waals surface area contributed by atoms with E-state index in [1.807, 2.05) is 19.1 Å². The maximum atomic E-state index is 11.6. The zero-order valence-electron chi connectivity index (χ0n) is 10.1. The molecule has 0 heterocycles. The molecule has 0 unspecified atom stereocenters. The molecular weight excluding hydrogens is 220 g/mol. The Morgan fingerprint density at radius 2 is 2.00 bits per heavy atom.